The molecule has 39 heavy (non-hydrogen) atoms. The third-order valence-corrected chi connectivity index (χ3v) is 6.53. The number of rotatable bonds is 10. The van der Waals surface area contributed by atoms with E-state index in [1.54, 1.807) is 20.4 Å². The maximum Gasteiger partial charge on any atom is 0.229 e. The summed E-state index contributed by atoms with van der Waals surface area (Å²) in [6.07, 6.45) is 2.16. The van der Waals surface area contributed by atoms with Crippen LogP contribution in [0, 0.1) is 12.3 Å². The largest absolute Gasteiger partial charge is 0.496 e. The zero-order valence-corrected chi connectivity index (χ0v) is 23.8. The predicted molar refractivity (Wildman–Crippen MR) is 158 cm³/mol. The number of carbonyl (C=O) groups is 1. The lowest BCUT2D eigenvalue weighted by Crippen LogP contribution is -2.34. The third-order valence-electron chi connectivity index (χ3n) is 6.53. The number of fused-ring (bicyclic) bond motifs is 1. The Balaban J connectivity index is 1.65. The van der Waals surface area contributed by atoms with E-state index in [9.17, 15) is 4.79 Å². The fourth-order valence-corrected chi connectivity index (χ4v) is 4.56. The number of benzene rings is 3. The van der Waals surface area contributed by atoms with Crippen LogP contribution in [-0.2, 0) is 16.1 Å². The van der Waals surface area contributed by atoms with Gasteiger partial charge < -0.3 is 14.2 Å². The summed E-state index contributed by atoms with van der Waals surface area (Å²) in [4.78, 5) is 20.2. The Morgan fingerprint density at radius 3 is 2.31 bits per heavy atom. The van der Waals surface area contributed by atoms with Gasteiger partial charge in [-0.1, -0.05) is 51.1 Å². The van der Waals surface area contributed by atoms with Crippen LogP contribution in [0.4, 0.5) is 5.82 Å². The van der Waals surface area contributed by atoms with Gasteiger partial charge in [0.1, 0.15) is 23.9 Å². The lowest BCUT2D eigenvalue weighted by atomic mass is 9.91. The summed E-state index contributed by atoms with van der Waals surface area (Å²) in [6, 6.07) is 22.4. The van der Waals surface area contributed by atoms with E-state index >= 15 is 0 Å². The fraction of sp³-hybridized carbons (Fsp3) is 0.333. The first-order chi connectivity index (χ1) is 18.7. The number of hydrogen-bond acceptors (Lipinski definition) is 5. The van der Waals surface area contributed by atoms with Crippen LogP contribution in [0.1, 0.15) is 38.3 Å². The first-order valence-electron chi connectivity index (χ1n) is 13.2. The van der Waals surface area contributed by atoms with Crippen molar-refractivity contribution in [3.05, 3.63) is 84.1 Å². The zero-order chi connectivity index (χ0) is 28.0. The molecule has 204 valence electrons. The molecule has 0 aliphatic heterocycles. The van der Waals surface area contributed by atoms with Crippen LogP contribution in [0.2, 0.25) is 0 Å². The quantitative estimate of drug-likeness (QED) is 0.204. The molecule has 0 bridgehead atoms. The highest BCUT2D eigenvalue weighted by Gasteiger charge is 2.25. The van der Waals surface area contributed by atoms with Gasteiger partial charge in [-0.15, -0.1) is 0 Å². The number of anilines is 1. The molecule has 0 saturated carbocycles. The second kappa shape index (κ2) is 12.3. The van der Waals surface area contributed by atoms with Crippen molar-refractivity contribution in [2.45, 2.75) is 40.7 Å². The van der Waals surface area contributed by atoms with Crippen LogP contribution in [0.15, 0.2) is 72.9 Å². The highest BCUT2D eigenvalue weighted by molar-refractivity contribution is 6.02. The highest BCUT2D eigenvalue weighted by atomic mass is 16.5. The third kappa shape index (κ3) is 7.15. The van der Waals surface area contributed by atoms with Crippen molar-refractivity contribution in [2.75, 3.05) is 32.3 Å². The molecule has 6 nitrogen and oxygen atoms in total. The van der Waals surface area contributed by atoms with E-state index in [0.717, 1.165) is 44.5 Å². The van der Waals surface area contributed by atoms with Gasteiger partial charge in [0.2, 0.25) is 5.91 Å². The summed E-state index contributed by atoms with van der Waals surface area (Å²) in [7, 11) is 3.34. The first-order valence-corrected chi connectivity index (χ1v) is 13.2. The number of nitrogens with zero attached hydrogens (tertiary/aromatic N) is 2. The lowest BCUT2D eigenvalue weighted by Gasteiger charge is -2.27. The molecule has 0 radical (unpaired) electrons. The van der Waals surface area contributed by atoms with E-state index in [1.165, 1.54) is 0 Å². The second-order valence-corrected chi connectivity index (χ2v) is 11.0. The van der Waals surface area contributed by atoms with Crippen molar-refractivity contribution in [3.8, 4) is 22.6 Å². The molecule has 0 saturated heterocycles. The number of aromatic nitrogens is 1. The molecule has 0 fully saturated rings. The summed E-state index contributed by atoms with van der Waals surface area (Å²) in [5, 5.41) is 1.87. The van der Waals surface area contributed by atoms with Crippen LogP contribution >= 0.6 is 0 Å². The van der Waals surface area contributed by atoms with Crippen molar-refractivity contribution in [2.24, 2.45) is 5.41 Å². The summed E-state index contributed by atoms with van der Waals surface area (Å²) >= 11 is 0. The average Bonchev–Trinajstić information content (AvgIpc) is 2.91. The molecule has 6 heteroatoms. The van der Waals surface area contributed by atoms with E-state index < -0.39 is 0 Å². The zero-order valence-electron chi connectivity index (χ0n) is 23.8. The van der Waals surface area contributed by atoms with Crippen LogP contribution in [-0.4, -0.2) is 38.3 Å². The van der Waals surface area contributed by atoms with Gasteiger partial charge in [0.15, 0.2) is 0 Å². The van der Waals surface area contributed by atoms with Gasteiger partial charge in [-0.25, -0.2) is 4.98 Å². The molecule has 1 aromatic heterocycles. The summed E-state index contributed by atoms with van der Waals surface area (Å²) in [5.41, 5.74) is 4.20. The minimum Gasteiger partial charge on any atom is -0.496 e. The smallest absolute Gasteiger partial charge is 0.229 e. The van der Waals surface area contributed by atoms with Gasteiger partial charge in [0.05, 0.1) is 20.3 Å². The van der Waals surface area contributed by atoms with E-state index in [2.05, 4.69) is 62.2 Å². The minimum atomic E-state index is -0.154. The molecular formula is C33H38N2O4. The predicted octanol–water partition coefficient (Wildman–Crippen LogP) is 7.21. The first kappa shape index (κ1) is 28.1. The Bertz CT molecular complexity index is 1420. The number of carbonyl (C=O) groups excluding carboxylic acids is 1. The number of pyridine rings is 1. The Morgan fingerprint density at radius 2 is 1.64 bits per heavy atom. The minimum absolute atomic E-state index is 0.0396. The van der Waals surface area contributed by atoms with E-state index in [1.807, 2.05) is 42.2 Å². The van der Waals surface area contributed by atoms with Crippen molar-refractivity contribution in [1.29, 1.82) is 0 Å². The molecule has 0 spiro atoms. The molecule has 4 rings (SSSR count). The van der Waals surface area contributed by atoms with Gasteiger partial charge >= 0.3 is 0 Å². The maximum absolute atomic E-state index is 13.7. The topological polar surface area (TPSA) is 60.9 Å². The molecular weight excluding hydrogens is 488 g/mol. The summed E-state index contributed by atoms with van der Waals surface area (Å²) in [6.45, 7) is 9.70. The van der Waals surface area contributed by atoms with Gasteiger partial charge in [0.25, 0.3) is 0 Å². The monoisotopic (exact) mass is 526 g/mol. The standard InChI is InChI=1S/C33H38N2O4/c1-23-19-26(11-14-30(23)38-6)25-9-7-24(8-10-25)22-35(31(36)21-33(2,3)4)32-29-13-12-28(39-18-17-37-5)20-27(29)15-16-34-32/h7-16,19-20H,17-18,21-22H2,1-6H3. The van der Waals surface area contributed by atoms with E-state index in [0.29, 0.717) is 32.0 Å². The maximum atomic E-state index is 13.7. The molecule has 0 N–H and O–H groups in total. The number of amides is 1. The number of hydrogen-bond donors (Lipinski definition) is 0. The Kier molecular flexibility index (Phi) is 8.87. The van der Waals surface area contributed by atoms with Crippen LogP contribution < -0.4 is 14.4 Å². The van der Waals surface area contributed by atoms with Crippen molar-refractivity contribution < 1.29 is 19.0 Å². The SMILES string of the molecule is COCCOc1ccc2c(N(Cc3ccc(-c4ccc(OC)c(C)c4)cc3)C(=O)CC(C)(C)C)nccc2c1. The number of ether oxygens (including phenoxy) is 3. The molecule has 0 aliphatic rings. The van der Waals surface area contributed by atoms with Crippen molar-refractivity contribution in [3.63, 3.8) is 0 Å². The molecule has 0 aliphatic carbocycles. The van der Waals surface area contributed by atoms with Gasteiger partial charge in [0, 0.05) is 25.1 Å². The van der Waals surface area contributed by atoms with Crippen LogP contribution in [0.25, 0.3) is 21.9 Å². The van der Waals surface area contributed by atoms with Gasteiger partial charge in [-0.3, -0.25) is 9.69 Å². The van der Waals surface area contributed by atoms with E-state index in [-0.39, 0.29) is 11.3 Å². The molecule has 1 amide bonds. The fourth-order valence-electron chi connectivity index (χ4n) is 4.56. The van der Waals surface area contributed by atoms with Gasteiger partial charge in [-0.05, 0) is 76.4 Å². The Morgan fingerprint density at radius 1 is 0.897 bits per heavy atom. The molecule has 0 unspecified atom stereocenters. The van der Waals surface area contributed by atoms with Crippen LogP contribution in [0.3, 0.4) is 0 Å². The summed E-state index contributed by atoms with van der Waals surface area (Å²) in [5.74, 6) is 2.33. The molecule has 0 atom stereocenters. The number of methoxy groups -OCH3 is 2. The molecule has 4 aromatic rings. The normalized spacial score (nSPS) is 11.4. The Labute approximate surface area is 231 Å². The van der Waals surface area contributed by atoms with Crippen LogP contribution in [0.5, 0.6) is 11.5 Å². The van der Waals surface area contributed by atoms with Crippen molar-refractivity contribution in [1.82, 2.24) is 4.98 Å². The molecule has 1 heterocycles. The van der Waals surface area contributed by atoms with E-state index in [4.69, 9.17) is 14.2 Å². The van der Waals surface area contributed by atoms with Gasteiger partial charge in [-0.2, -0.15) is 0 Å². The lowest BCUT2D eigenvalue weighted by molar-refractivity contribution is -0.120. The molecule has 3 aromatic carbocycles. The average molecular weight is 527 g/mol. The highest BCUT2D eigenvalue weighted by Crippen LogP contribution is 2.32. The van der Waals surface area contributed by atoms with Crippen molar-refractivity contribution >= 4 is 22.5 Å². The Hall–Kier alpha value is -3.90. The second-order valence-electron chi connectivity index (χ2n) is 11.0. The summed E-state index contributed by atoms with van der Waals surface area (Å²) < 4.78 is 16.3. The number of aryl methyl sites for hydroxylation is 1.